The highest BCUT2D eigenvalue weighted by Crippen LogP contribution is 2.32. The summed E-state index contributed by atoms with van der Waals surface area (Å²) in [4.78, 5) is 12.9. The molecule has 7 heteroatoms. The summed E-state index contributed by atoms with van der Waals surface area (Å²) in [5, 5.41) is 5.36. The molecule has 120 valence electrons. The summed E-state index contributed by atoms with van der Waals surface area (Å²) in [5.74, 6) is -0.610. The van der Waals surface area contributed by atoms with Crippen molar-refractivity contribution in [2.75, 3.05) is 0 Å². The van der Waals surface area contributed by atoms with E-state index in [1.165, 1.54) is 28.9 Å². The van der Waals surface area contributed by atoms with E-state index in [9.17, 15) is 9.18 Å². The summed E-state index contributed by atoms with van der Waals surface area (Å²) in [6, 6.07) is 13.4. The number of thiocarbonyl (C=S) groups is 1. The lowest BCUT2D eigenvalue weighted by atomic mass is 10.2. The topological polar surface area (TPSA) is 32.7 Å². The monoisotopic (exact) mass is 420 g/mol. The minimum absolute atomic E-state index is 0.289. The number of hydrogen-bond donors (Lipinski definition) is 0. The van der Waals surface area contributed by atoms with Crippen LogP contribution in [0, 0.1) is 5.82 Å². The van der Waals surface area contributed by atoms with Crippen molar-refractivity contribution in [3.05, 3.63) is 74.9 Å². The minimum Gasteiger partial charge on any atom is -0.266 e. The molecule has 1 aliphatic heterocycles. The van der Waals surface area contributed by atoms with Crippen molar-refractivity contribution in [3.8, 4) is 0 Å². The summed E-state index contributed by atoms with van der Waals surface area (Å²) in [6.07, 6.45) is 3.26. The predicted molar refractivity (Wildman–Crippen MR) is 103 cm³/mol. The number of hydrazone groups is 1. The Labute approximate surface area is 156 Å². The van der Waals surface area contributed by atoms with Crippen LogP contribution in [0.4, 0.5) is 4.39 Å². The maximum Gasteiger partial charge on any atom is 0.286 e. The predicted octanol–water partition coefficient (Wildman–Crippen LogP) is 4.82. The lowest BCUT2D eigenvalue weighted by Crippen LogP contribution is -2.22. The molecular formula is C17H10BrFN2OS2. The van der Waals surface area contributed by atoms with Crippen molar-refractivity contribution in [2.45, 2.75) is 0 Å². The fourth-order valence-electron chi connectivity index (χ4n) is 1.94. The number of nitrogens with zero attached hydrogens (tertiary/aromatic N) is 2. The maximum atomic E-state index is 12.9. The van der Waals surface area contributed by atoms with E-state index in [1.54, 1.807) is 24.4 Å². The largest absolute Gasteiger partial charge is 0.286 e. The number of halogens is 2. The molecule has 1 aliphatic rings. The molecule has 3 nitrogen and oxygen atoms in total. The van der Waals surface area contributed by atoms with Crippen LogP contribution in [0.15, 0.2) is 63.0 Å². The molecule has 1 heterocycles. The van der Waals surface area contributed by atoms with Crippen molar-refractivity contribution >= 4 is 62.4 Å². The first-order chi connectivity index (χ1) is 11.5. The average Bonchev–Trinajstić information content (AvgIpc) is 2.83. The van der Waals surface area contributed by atoms with Crippen LogP contribution in [-0.4, -0.2) is 21.5 Å². The van der Waals surface area contributed by atoms with Gasteiger partial charge in [0.2, 0.25) is 0 Å². The van der Waals surface area contributed by atoms with Crippen LogP contribution in [0.2, 0.25) is 0 Å². The Morgan fingerprint density at radius 2 is 1.71 bits per heavy atom. The fraction of sp³-hybridized carbons (Fsp3) is 0. The van der Waals surface area contributed by atoms with Gasteiger partial charge < -0.3 is 0 Å². The van der Waals surface area contributed by atoms with Gasteiger partial charge >= 0.3 is 0 Å². The van der Waals surface area contributed by atoms with Crippen LogP contribution in [0.1, 0.15) is 11.1 Å². The van der Waals surface area contributed by atoms with Gasteiger partial charge in [-0.3, -0.25) is 4.79 Å². The molecule has 0 spiro atoms. The van der Waals surface area contributed by atoms with Crippen LogP contribution in [0.25, 0.3) is 6.08 Å². The van der Waals surface area contributed by atoms with Crippen molar-refractivity contribution in [3.63, 3.8) is 0 Å². The zero-order valence-electron chi connectivity index (χ0n) is 12.1. The van der Waals surface area contributed by atoms with Gasteiger partial charge in [0.25, 0.3) is 5.91 Å². The van der Waals surface area contributed by atoms with E-state index in [2.05, 4.69) is 21.0 Å². The van der Waals surface area contributed by atoms with Crippen LogP contribution in [0.3, 0.4) is 0 Å². The number of thioether (sulfide) groups is 1. The summed E-state index contributed by atoms with van der Waals surface area (Å²) in [6.45, 7) is 0. The molecule has 0 saturated carbocycles. The van der Waals surface area contributed by atoms with Gasteiger partial charge in [0.15, 0.2) is 4.32 Å². The van der Waals surface area contributed by atoms with E-state index in [0.29, 0.717) is 9.23 Å². The molecule has 0 bridgehead atoms. The van der Waals surface area contributed by atoms with Gasteiger partial charge in [-0.25, -0.2) is 4.39 Å². The Hall–Kier alpha value is -1.83. The van der Waals surface area contributed by atoms with Gasteiger partial charge in [0.05, 0.1) is 11.1 Å². The van der Waals surface area contributed by atoms with Crippen LogP contribution < -0.4 is 0 Å². The quantitative estimate of drug-likeness (QED) is 0.405. The second-order valence-corrected chi connectivity index (χ2v) is 7.43. The van der Waals surface area contributed by atoms with Crippen LogP contribution >= 0.6 is 39.9 Å². The van der Waals surface area contributed by atoms with E-state index in [-0.39, 0.29) is 11.7 Å². The molecule has 0 aliphatic carbocycles. The zero-order chi connectivity index (χ0) is 17.1. The standard InChI is InChI=1S/C17H10BrFN2OS2/c18-13-5-1-12(2-6-13)10-20-21-16(22)15(24-17(21)23)9-11-3-7-14(19)8-4-11/h1-10H/b15-9+,20-10+. The molecule has 1 fully saturated rings. The maximum absolute atomic E-state index is 12.9. The summed E-state index contributed by atoms with van der Waals surface area (Å²) >= 11 is 9.75. The van der Waals surface area contributed by atoms with Crippen molar-refractivity contribution < 1.29 is 9.18 Å². The van der Waals surface area contributed by atoms with Gasteiger partial charge in [0.1, 0.15) is 5.82 Å². The summed E-state index contributed by atoms with van der Waals surface area (Å²) in [7, 11) is 0. The molecule has 24 heavy (non-hydrogen) atoms. The molecule has 0 radical (unpaired) electrons. The molecule has 1 amide bonds. The first-order valence-electron chi connectivity index (χ1n) is 6.86. The Morgan fingerprint density at radius 3 is 2.38 bits per heavy atom. The SMILES string of the molecule is O=C1/C(=C\c2ccc(F)cc2)SC(=S)N1/N=C/c1ccc(Br)cc1. The average molecular weight is 421 g/mol. The van der Waals surface area contributed by atoms with Crippen molar-refractivity contribution in [2.24, 2.45) is 5.10 Å². The summed E-state index contributed by atoms with van der Waals surface area (Å²) in [5.41, 5.74) is 1.59. The molecule has 0 unspecified atom stereocenters. The fourth-order valence-corrected chi connectivity index (χ4v) is 3.38. The number of amides is 1. The Kier molecular flexibility index (Phi) is 5.23. The van der Waals surface area contributed by atoms with Gasteiger partial charge in [-0.2, -0.15) is 10.1 Å². The Bertz CT molecular complexity index is 848. The molecular weight excluding hydrogens is 411 g/mol. The first-order valence-corrected chi connectivity index (χ1v) is 8.88. The van der Waals surface area contributed by atoms with Gasteiger partial charge in [-0.05, 0) is 53.7 Å². The first kappa shape index (κ1) is 17.0. The van der Waals surface area contributed by atoms with E-state index >= 15 is 0 Å². The highest BCUT2D eigenvalue weighted by atomic mass is 79.9. The molecule has 1 saturated heterocycles. The number of benzene rings is 2. The van der Waals surface area contributed by atoms with E-state index in [4.69, 9.17) is 12.2 Å². The molecule has 0 N–H and O–H groups in total. The number of rotatable bonds is 3. The van der Waals surface area contributed by atoms with Gasteiger partial charge in [-0.1, -0.05) is 52.0 Å². The molecule has 3 rings (SSSR count). The Morgan fingerprint density at radius 1 is 1.08 bits per heavy atom. The molecule has 0 aromatic heterocycles. The third-order valence-corrected chi connectivity index (χ3v) is 4.94. The second-order valence-electron chi connectivity index (χ2n) is 4.84. The highest BCUT2D eigenvalue weighted by molar-refractivity contribution is 9.10. The molecule has 0 atom stereocenters. The van der Waals surface area contributed by atoms with Crippen molar-refractivity contribution in [1.29, 1.82) is 0 Å². The van der Waals surface area contributed by atoms with E-state index in [1.807, 2.05) is 24.3 Å². The van der Waals surface area contributed by atoms with Crippen LogP contribution in [-0.2, 0) is 4.79 Å². The lowest BCUT2D eigenvalue weighted by Gasteiger charge is -2.06. The highest BCUT2D eigenvalue weighted by Gasteiger charge is 2.31. The number of carbonyl (C=O) groups excluding carboxylic acids is 1. The third kappa shape index (κ3) is 3.98. The van der Waals surface area contributed by atoms with Gasteiger partial charge in [0, 0.05) is 4.47 Å². The number of carbonyl (C=O) groups is 1. The zero-order valence-corrected chi connectivity index (χ0v) is 15.4. The smallest absolute Gasteiger partial charge is 0.266 e. The van der Waals surface area contributed by atoms with E-state index in [0.717, 1.165) is 15.6 Å². The third-order valence-electron chi connectivity index (χ3n) is 3.13. The summed E-state index contributed by atoms with van der Waals surface area (Å²) < 4.78 is 14.3. The van der Waals surface area contributed by atoms with Gasteiger partial charge in [-0.15, -0.1) is 0 Å². The normalized spacial score (nSPS) is 16.6. The molecule has 2 aromatic rings. The van der Waals surface area contributed by atoms with Crippen molar-refractivity contribution in [1.82, 2.24) is 5.01 Å². The van der Waals surface area contributed by atoms with E-state index < -0.39 is 0 Å². The minimum atomic E-state index is -0.321. The Balaban J connectivity index is 1.78. The molecule has 2 aromatic carbocycles. The number of hydrogen-bond acceptors (Lipinski definition) is 4. The lowest BCUT2D eigenvalue weighted by molar-refractivity contribution is -0.122. The second kappa shape index (κ2) is 7.38. The van der Waals surface area contributed by atoms with Crippen LogP contribution in [0.5, 0.6) is 0 Å².